The molecule has 122 valence electrons. The topological polar surface area (TPSA) is 68.2 Å². The summed E-state index contributed by atoms with van der Waals surface area (Å²) >= 11 is 0. The quantitative estimate of drug-likeness (QED) is 0.873. The first kappa shape index (κ1) is 15.9. The zero-order chi connectivity index (χ0) is 16.4. The number of benzene rings is 1. The molecule has 2 unspecified atom stereocenters. The van der Waals surface area contributed by atoms with Crippen LogP contribution in [0.15, 0.2) is 18.2 Å². The second-order valence-corrected chi connectivity index (χ2v) is 6.37. The summed E-state index contributed by atoms with van der Waals surface area (Å²) in [6, 6.07) is 7.04. The molecule has 5 nitrogen and oxygen atoms in total. The van der Waals surface area contributed by atoms with Gasteiger partial charge in [0, 0.05) is 25.0 Å². The first-order valence-electron chi connectivity index (χ1n) is 8.04. The normalized spacial score (nSPS) is 25.3. The van der Waals surface area contributed by atoms with Gasteiger partial charge >= 0.3 is 0 Å². The van der Waals surface area contributed by atoms with Crippen LogP contribution in [0.3, 0.4) is 0 Å². The van der Waals surface area contributed by atoms with Crippen molar-refractivity contribution in [3.8, 4) is 6.07 Å². The van der Waals surface area contributed by atoms with Crippen molar-refractivity contribution in [1.82, 2.24) is 15.8 Å². The van der Waals surface area contributed by atoms with Crippen molar-refractivity contribution in [3.63, 3.8) is 0 Å². The van der Waals surface area contributed by atoms with E-state index in [2.05, 4.69) is 16.9 Å². The molecule has 2 heterocycles. The van der Waals surface area contributed by atoms with Crippen molar-refractivity contribution in [2.75, 3.05) is 13.1 Å². The van der Waals surface area contributed by atoms with Crippen LogP contribution >= 0.6 is 0 Å². The van der Waals surface area contributed by atoms with Crippen molar-refractivity contribution in [2.45, 2.75) is 38.3 Å². The first-order chi connectivity index (χ1) is 11.1. The number of likely N-dealkylation sites (tertiary alicyclic amines) is 1. The smallest absolute Gasteiger partial charge is 0.241 e. The third-order valence-electron chi connectivity index (χ3n) is 4.77. The molecule has 0 radical (unpaired) electrons. The number of hydrazine groups is 1. The van der Waals surface area contributed by atoms with Crippen LogP contribution in [0.4, 0.5) is 4.39 Å². The van der Waals surface area contributed by atoms with Crippen LogP contribution in [0.1, 0.15) is 36.4 Å². The van der Waals surface area contributed by atoms with Crippen LogP contribution in [-0.4, -0.2) is 29.9 Å². The van der Waals surface area contributed by atoms with Gasteiger partial charge in [0.05, 0.1) is 6.07 Å². The lowest BCUT2D eigenvalue weighted by Gasteiger charge is -2.31. The molecule has 2 aliphatic rings. The van der Waals surface area contributed by atoms with E-state index in [0.29, 0.717) is 25.1 Å². The van der Waals surface area contributed by atoms with Crippen molar-refractivity contribution >= 4 is 5.91 Å². The van der Waals surface area contributed by atoms with E-state index in [4.69, 9.17) is 5.26 Å². The molecule has 0 saturated carbocycles. The molecule has 0 spiro atoms. The Morgan fingerprint density at radius 3 is 2.74 bits per heavy atom. The second kappa shape index (κ2) is 6.65. The second-order valence-electron chi connectivity index (χ2n) is 6.37. The molecular weight excluding hydrogens is 295 g/mol. The Kier molecular flexibility index (Phi) is 4.60. The Hall–Kier alpha value is -1.97. The number of nitrogens with one attached hydrogen (secondary N) is 2. The molecule has 2 aliphatic heterocycles. The van der Waals surface area contributed by atoms with Gasteiger partial charge in [-0.25, -0.2) is 15.2 Å². The van der Waals surface area contributed by atoms with Gasteiger partial charge in [0.1, 0.15) is 11.9 Å². The minimum absolute atomic E-state index is 0.0000949. The van der Waals surface area contributed by atoms with Gasteiger partial charge in [-0.15, -0.1) is 0 Å². The number of amides is 1. The zero-order valence-corrected chi connectivity index (χ0v) is 13.2. The van der Waals surface area contributed by atoms with E-state index in [9.17, 15) is 9.18 Å². The third kappa shape index (κ3) is 3.36. The monoisotopic (exact) mass is 316 g/mol. The largest absolute Gasteiger partial charge is 0.341 e. The highest BCUT2D eigenvalue weighted by atomic mass is 19.1. The van der Waals surface area contributed by atoms with Gasteiger partial charge in [-0.3, -0.25) is 4.79 Å². The summed E-state index contributed by atoms with van der Waals surface area (Å²) < 4.78 is 13.4. The predicted octanol–water partition coefficient (Wildman–Crippen LogP) is 1.80. The standard InChI is InChI=1S/C17H21FN4O/c1-11-8-13(2-3-14(11)18)15-9-16(21-20-15)17(23)22-6-4-12(10-19)5-7-22/h2-3,8,12,15-16,20-21H,4-7,9H2,1H3. The fourth-order valence-electron chi connectivity index (χ4n) is 3.27. The Balaban J connectivity index is 1.60. The van der Waals surface area contributed by atoms with Crippen LogP contribution in [0, 0.1) is 30.0 Å². The Bertz CT molecular complexity index is 634. The van der Waals surface area contributed by atoms with Gasteiger partial charge in [-0.1, -0.05) is 12.1 Å². The van der Waals surface area contributed by atoms with Crippen LogP contribution in [0.2, 0.25) is 0 Å². The van der Waals surface area contributed by atoms with E-state index in [0.717, 1.165) is 18.4 Å². The highest BCUT2D eigenvalue weighted by Gasteiger charge is 2.34. The Morgan fingerprint density at radius 2 is 2.09 bits per heavy atom. The molecule has 0 bridgehead atoms. The van der Waals surface area contributed by atoms with E-state index in [1.54, 1.807) is 13.0 Å². The van der Waals surface area contributed by atoms with Gasteiger partial charge < -0.3 is 4.90 Å². The van der Waals surface area contributed by atoms with Crippen LogP contribution in [0.25, 0.3) is 0 Å². The fraction of sp³-hybridized carbons (Fsp3) is 0.529. The third-order valence-corrected chi connectivity index (χ3v) is 4.77. The Labute approximate surface area is 135 Å². The molecule has 1 aromatic carbocycles. The Morgan fingerprint density at radius 1 is 1.35 bits per heavy atom. The molecule has 2 atom stereocenters. The van der Waals surface area contributed by atoms with Crippen LogP contribution in [0.5, 0.6) is 0 Å². The number of nitriles is 1. The average molecular weight is 316 g/mol. The van der Waals surface area contributed by atoms with Gasteiger partial charge in [-0.2, -0.15) is 5.26 Å². The first-order valence-corrected chi connectivity index (χ1v) is 8.04. The number of nitrogens with zero attached hydrogens (tertiary/aromatic N) is 2. The number of rotatable bonds is 2. The number of aryl methyl sites for hydroxylation is 1. The summed E-state index contributed by atoms with van der Waals surface area (Å²) in [5.74, 6) is -0.0634. The lowest BCUT2D eigenvalue weighted by molar-refractivity contribution is -0.134. The molecule has 1 amide bonds. The number of halogens is 1. The molecule has 0 aromatic heterocycles. The lowest BCUT2D eigenvalue weighted by atomic mass is 9.96. The van der Waals surface area contributed by atoms with Crippen molar-refractivity contribution in [2.24, 2.45) is 5.92 Å². The molecule has 2 saturated heterocycles. The minimum Gasteiger partial charge on any atom is -0.341 e. The summed E-state index contributed by atoms with van der Waals surface area (Å²) in [4.78, 5) is 14.4. The van der Waals surface area contributed by atoms with E-state index in [1.807, 2.05) is 11.0 Å². The number of hydrogen-bond acceptors (Lipinski definition) is 4. The molecule has 1 aromatic rings. The number of carbonyl (C=O) groups excluding carboxylic acids is 1. The highest BCUT2D eigenvalue weighted by Crippen LogP contribution is 2.26. The van der Waals surface area contributed by atoms with Gasteiger partial charge in [0.15, 0.2) is 0 Å². The summed E-state index contributed by atoms with van der Waals surface area (Å²) in [7, 11) is 0. The molecular formula is C17H21FN4O. The summed E-state index contributed by atoms with van der Waals surface area (Å²) in [6.45, 7) is 3.04. The van der Waals surface area contributed by atoms with Crippen molar-refractivity contribution in [3.05, 3.63) is 35.1 Å². The van der Waals surface area contributed by atoms with Crippen molar-refractivity contribution in [1.29, 1.82) is 5.26 Å². The minimum atomic E-state index is -0.274. The van der Waals surface area contributed by atoms with Gasteiger partial charge in [-0.05, 0) is 43.4 Å². The van der Waals surface area contributed by atoms with Gasteiger partial charge in [0.2, 0.25) is 5.91 Å². The summed E-state index contributed by atoms with van der Waals surface area (Å²) in [5.41, 5.74) is 7.79. The number of carbonyl (C=O) groups is 1. The van der Waals surface area contributed by atoms with E-state index < -0.39 is 0 Å². The lowest BCUT2D eigenvalue weighted by Crippen LogP contribution is -2.48. The molecule has 3 rings (SSSR count). The van der Waals surface area contributed by atoms with Crippen LogP contribution < -0.4 is 10.9 Å². The summed E-state index contributed by atoms with van der Waals surface area (Å²) in [6.07, 6.45) is 2.15. The molecule has 2 fully saturated rings. The molecule has 0 aliphatic carbocycles. The van der Waals surface area contributed by atoms with E-state index in [1.165, 1.54) is 6.07 Å². The predicted molar refractivity (Wildman–Crippen MR) is 83.5 cm³/mol. The van der Waals surface area contributed by atoms with Crippen LogP contribution in [-0.2, 0) is 4.79 Å². The number of piperidine rings is 1. The van der Waals surface area contributed by atoms with Crippen molar-refractivity contribution < 1.29 is 9.18 Å². The maximum Gasteiger partial charge on any atom is 0.241 e. The summed E-state index contributed by atoms with van der Waals surface area (Å²) in [5, 5.41) is 8.93. The maximum absolute atomic E-state index is 13.4. The maximum atomic E-state index is 13.4. The fourth-order valence-corrected chi connectivity index (χ4v) is 3.27. The molecule has 23 heavy (non-hydrogen) atoms. The highest BCUT2D eigenvalue weighted by molar-refractivity contribution is 5.82. The molecule has 2 N–H and O–H groups in total. The SMILES string of the molecule is Cc1cc(C2CC(C(=O)N3CCC(C#N)CC3)NN2)ccc1F. The van der Waals surface area contributed by atoms with E-state index >= 15 is 0 Å². The molecule has 6 heteroatoms. The van der Waals surface area contributed by atoms with E-state index in [-0.39, 0.29) is 29.7 Å². The van der Waals surface area contributed by atoms with Gasteiger partial charge in [0.25, 0.3) is 0 Å². The zero-order valence-electron chi connectivity index (χ0n) is 13.2. The number of hydrogen-bond donors (Lipinski definition) is 2. The average Bonchev–Trinajstić information content (AvgIpc) is 3.07.